The normalized spacial score (nSPS) is 24.8. The molecule has 2 unspecified atom stereocenters. The van der Waals surface area contributed by atoms with Crippen molar-refractivity contribution in [2.45, 2.75) is 58.9 Å². The van der Waals surface area contributed by atoms with Gasteiger partial charge >= 0.3 is 0 Å². The summed E-state index contributed by atoms with van der Waals surface area (Å²) in [5.41, 5.74) is 1.61. The average molecular weight is 280 g/mol. The Hall–Kier alpha value is -0.690. The van der Waals surface area contributed by atoms with E-state index in [2.05, 4.69) is 32.2 Å². The van der Waals surface area contributed by atoms with Gasteiger partial charge in [0, 0.05) is 16.8 Å². The average Bonchev–Trinajstić information content (AvgIpc) is 2.54. The Kier molecular flexibility index (Phi) is 4.78. The number of benzene rings is 1. The van der Waals surface area contributed by atoms with Crippen LogP contribution in [0.5, 0.6) is 0 Å². The Morgan fingerprint density at radius 1 is 1.11 bits per heavy atom. The van der Waals surface area contributed by atoms with Crippen molar-refractivity contribution >= 4 is 17.3 Å². The Morgan fingerprint density at radius 2 is 1.89 bits per heavy atom. The lowest BCUT2D eigenvalue weighted by molar-refractivity contribution is 0.214. The minimum atomic E-state index is 0.449. The van der Waals surface area contributed by atoms with Crippen LogP contribution in [0.4, 0.5) is 5.69 Å². The second-order valence-electron chi connectivity index (χ2n) is 6.92. The molecule has 0 heterocycles. The molecule has 0 aliphatic heterocycles. The van der Waals surface area contributed by atoms with E-state index < -0.39 is 0 Å². The zero-order valence-corrected chi connectivity index (χ0v) is 13.1. The van der Waals surface area contributed by atoms with Gasteiger partial charge in [0.05, 0.1) is 0 Å². The van der Waals surface area contributed by atoms with Crippen molar-refractivity contribution in [3.05, 3.63) is 29.3 Å². The van der Waals surface area contributed by atoms with E-state index in [1.165, 1.54) is 32.1 Å². The third-order valence-electron chi connectivity index (χ3n) is 4.39. The van der Waals surface area contributed by atoms with Crippen LogP contribution in [0, 0.1) is 11.3 Å². The summed E-state index contributed by atoms with van der Waals surface area (Å²) in [4.78, 5) is 0. The molecule has 1 aliphatic carbocycles. The predicted molar refractivity (Wildman–Crippen MR) is 84.9 cm³/mol. The first-order chi connectivity index (χ1) is 8.95. The zero-order valence-electron chi connectivity index (χ0n) is 12.4. The summed E-state index contributed by atoms with van der Waals surface area (Å²) in [6.07, 6.45) is 6.59. The highest BCUT2D eigenvalue weighted by molar-refractivity contribution is 6.30. The monoisotopic (exact) mass is 279 g/mol. The molecule has 106 valence electrons. The first-order valence-corrected chi connectivity index (χ1v) is 7.85. The highest BCUT2D eigenvalue weighted by atomic mass is 35.5. The summed E-state index contributed by atoms with van der Waals surface area (Å²) >= 11 is 6.04. The van der Waals surface area contributed by atoms with Crippen LogP contribution < -0.4 is 5.32 Å². The summed E-state index contributed by atoms with van der Waals surface area (Å²) in [7, 11) is 0. The lowest BCUT2D eigenvalue weighted by atomic mass is 9.76. The van der Waals surface area contributed by atoms with Crippen molar-refractivity contribution in [3.63, 3.8) is 0 Å². The molecule has 2 atom stereocenters. The Labute approximate surface area is 122 Å². The number of halogens is 1. The van der Waals surface area contributed by atoms with Gasteiger partial charge in [-0.1, -0.05) is 44.9 Å². The van der Waals surface area contributed by atoms with Crippen LogP contribution in [-0.2, 0) is 0 Å². The number of hydrogen-bond acceptors (Lipinski definition) is 1. The second kappa shape index (κ2) is 6.17. The fraction of sp³-hybridized carbons (Fsp3) is 0.647. The van der Waals surface area contributed by atoms with Gasteiger partial charge < -0.3 is 5.32 Å². The minimum Gasteiger partial charge on any atom is -0.382 e. The number of anilines is 1. The number of hydrogen-bond donors (Lipinski definition) is 1. The van der Waals surface area contributed by atoms with Crippen LogP contribution in [0.3, 0.4) is 0 Å². The fourth-order valence-electron chi connectivity index (χ4n) is 3.13. The highest BCUT2D eigenvalue weighted by Crippen LogP contribution is 2.37. The van der Waals surface area contributed by atoms with Crippen molar-refractivity contribution in [2.75, 3.05) is 5.32 Å². The van der Waals surface area contributed by atoms with Crippen LogP contribution in [0.2, 0.25) is 5.02 Å². The first-order valence-electron chi connectivity index (χ1n) is 7.47. The van der Waals surface area contributed by atoms with Gasteiger partial charge in [-0.2, -0.15) is 0 Å². The summed E-state index contributed by atoms with van der Waals surface area (Å²) in [5.74, 6) is 0.860. The van der Waals surface area contributed by atoms with Crippen LogP contribution in [-0.4, -0.2) is 6.04 Å². The SMILES string of the molecule is CC(C)(C)C1CCCC(Nc2cccc(Cl)c2)CC1. The topological polar surface area (TPSA) is 12.0 Å². The van der Waals surface area contributed by atoms with Gasteiger partial charge in [0.2, 0.25) is 0 Å². The van der Waals surface area contributed by atoms with Crippen LogP contribution in [0.15, 0.2) is 24.3 Å². The van der Waals surface area contributed by atoms with Gasteiger partial charge in [-0.15, -0.1) is 0 Å². The van der Waals surface area contributed by atoms with Gasteiger partial charge in [-0.05, 0) is 55.2 Å². The van der Waals surface area contributed by atoms with Gasteiger partial charge in [0.25, 0.3) is 0 Å². The van der Waals surface area contributed by atoms with E-state index in [0.29, 0.717) is 11.5 Å². The molecule has 1 N–H and O–H groups in total. The van der Waals surface area contributed by atoms with Crippen molar-refractivity contribution in [1.29, 1.82) is 0 Å². The van der Waals surface area contributed by atoms with E-state index in [-0.39, 0.29) is 0 Å². The summed E-state index contributed by atoms with van der Waals surface area (Å²) in [5, 5.41) is 4.46. The molecule has 1 aromatic carbocycles. The van der Waals surface area contributed by atoms with Crippen molar-refractivity contribution in [3.8, 4) is 0 Å². The van der Waals surface area contributed by atoms with Crippen molar-refractivity contribution in [2.24, 2.45) is 11.3 Å². The summed E-state index contributed by atoms with van der Waals surface area (Å²) in [6, 6.07) is 8.67. The molecule has 1 saturated carbocycles. The van der Waals surface area contributed by atoms with Crippen molar-refractivity contribution < 1.29 is 0 Å². The van der Waals surface area contributed by atoms with Gasteiger partial charge in [0.15, 0.2) is 0 Å². The lowest BCUT2D eigenvalue weighted by Crippen LogP contribution is -2.21. The Balaban J connectivity index is 1.93. The Morgan fingerprint density at radius 3 is 2.58 bits per heavy atom. The molecule has 19 heavy (non-hydrogen) atoms. The molecular weight excluding hydrogens is 254 g/mol. The molecule has 1 aromatic rings. The molecule has 2 rings (SSSR count). The van der Waals surface area contributed by atoms with Crippen LogP contribution in [0.1, 0.15) is 52.9 Å². The minimum absolute atomic E-state index is 0.449. The maximum atomic E-state index is 6.04. The smallest absolute Gasteiger partial charge is 0.0426 e. The molecule has 0 saturated heterocycles. The third-order valence-corrected chi connectivity index (χ3v) is 4.62. The quantitative estimate of drug-likeness (QED) is 0.680. The highest BCUT2D eigenvalue weighted by Gasteiger charge is 2.27. The summed E-state index contributed by atoms with van der Waals surface area (Å²) < 4.78 is 0. The first kappa shape index (κ1) is 14.7. The Bertz CT molecular complexity index is 408. The van der Waals surface area contributed by atoms with Crippen LogP contribution in [0.25, 0.3) is 0 Å². The number of nitrogens with one attached hydrogen (secondary N) is 1. The number of rotatable bonds is 2. The van der Waals surface area contributed by atoms with Crippen molar-refractivity contribution in [1.82, 2.24) is 0 Å². The maximum Gasteiger partial charge on any atom is 0.0426 e. The van der Waals surface area contributed by atoms with E-state index in [9.17, 15) is 0 Å². The molecule has 0 spiro atoms. The molecule has 0 radical (unpaired) electrons. The maximum absolute atomic E-state index is 6.04. The van der Waals surface area contributed by atoms with Gasteiger partial charge in [-0.25, -0.2) is 0 Å². The third kappa shape index (κ3) is 4.42. The van der Waals surface area contributed by atoms with E-state index in [0.717, 1.165) is 16.6 Å². The van der Waals surface area contributed by atoms with E-state index in [4.69, 9.17) is 11.6 Å². The fourth-order valence-corrected chi connectivity index (χ4v) is 3.32. The lowest BCUT2D eigenvalue weighted by Gasteiger charge is -2.29. The molecule has 1 nitrogen and oxygen atoms in total. The van der Waals surface area contributed by atoms with Gasteiger partial charge in [-0.3, -0.25) is 0 Å². The van der Waals surface area contributed by atoms with Crippen LogP contribution >= 0.6 is 11.6 Å². The molecule has 2 heteroatoms. The standard InChI is InChI=1S/C17H26ClN/c1-17(2,3)13-6-4-8-15(11-10-13)19-16-9-5-7-14(18)12-16/h5,7,9,12-13,15,19H,4,6,8,10-11H2,1-3H3. The zero-order chi connectivity index (χ0) is 13.9. The molecule has 1 fully saturated rings. The van der Waals surface area contributed by atoms with E-state index >= 15 is 0 Å². The second-order valence-corrected chi connectivity index (χ2v) is 7.36. The molecule has 1 aliphatic rings. The summed E-state index contributed by atoms with van der Waals surface area (Å²) in [6.45, 7) is 7.13. The van der Waals surface area contributed by atoms with E-state index in [1.54, 1.807) is 0 Å². The van der Waals surface area contributed by atoms with Gasteiger partial charge in [0.1, 0.15) is 0 Å². The van der Waals surface area contributed by atoms with E-state index in [1.807, 2.05) is 18.2 Å². The molecular formula is C17H26ClN. The predicted octanol–water partition coefficient (Wildman–Crippen LogP) is 5.75. The molecule has 0 aromatic heterocycles. The molecule has 0 amide bonds. The molecule has 0 bridgehead atoms. The largest absolute Gasteiger partial charge is 0.382 e.